The molecule has 0 aliphatic heterocycles. The fourth-order valence-electron chi connectivity index (χ4n) is 1.17. The second kappa shape index (κ2) is 5.67. The zero-order valence-corrected chi connectivity index (χ0v) is 9.86. The number of halogens is 1. The second-order valence-electron chi connectivity index (χ2n) is 3.17. The van der Waals surface area contributed by atoms with Gasteiger partial charge in [-0.05, 0) is 6.07 Å². The van der Waals surface area contributed by atoms with Crippen LogP contribution in [0.15, 0.2) is 12.1 Å². The maximum atomic E-state index is 11.8. The number of hydrogen-bond acceptors (Lipinski definition) is 4. The molecule has 1 rings (SSSR count). The molecule has 0 radical (unpaired) electrons. The van der Waals surface area contributed by atoms with Gasteiger partial charge in [0.25, 0.3) is 5.91 Å². The van der Waals surface area contributed by atoms with Crippen LogP contribution in [0.2, 0.25) is 5.15 Å². The van der Waals surface area contributed by atoms with Crippen molar-refractivity contribution in [2.75, 3.05) is 27.3 Å². The standard InChI is InChI=1S/C10H13ClN2O3/c1-13(3-4-14)10(15)7-5-8(11)12-9(6-7)16-2/h5-6,14H,3-4H2,1-2H3. The van der Waals surface area contributed by atoms with Crippen molar-refractivity contribution in [3.8, 4) is 5.88 Å². The molecule has 0 saturated heterocycles. The molecular formula is C10H13ClN2O3. The van der Waals surface area contributed by atoms with E-state index in [4.69, 9.17) is 21.4 Å². The number of nitrogens with zero attached hydrogens (tertiary/aromatic N) is 2. The van der Waals surface area contributed by atoms with Gasteiger partial charge < -0.3 is 14.7 Å². The molecule has 1 N–H and O–H groups in total. The predicted octanol–water partition coefficient (Wildman–Crippen LogP) is 0.808. The summed E-state index contributed by atoms with van der Waals surface area (Å²) >= 11 is 5.74. The lowest BCUT2D eigenvalue weighted by molar-refractivity contribution is 0.0766. The molecule has 1 aromatic heterocycles. The van der Waals surface area contributed by atoms with Gasteiger partial charge in [-0.1, -0.05) is 11.6 Å². The van der Waals surface area contributed by atoms with Gasteiger partial charge in [0, 0.05) is 25.2 Å². The summed E-state index contributed by atoms with van der Waals surface area (Å²) in [6, 6.07) is 2.96. The summed E-state index contributed by atoms with van der Waals surface area (Å²) in [4.78, 5) is 17.1. The molecule has 1 amide bonds. The third-order valence-corrected chi connectivity index (χ3v) is 2.20. The normalized spacial score (nSPS) is 10.0. The Bertz CT molecular complexity index is 384. The number of pyridine rings is 1. The molecule has 0 saturated carbocycles. The molecule has 0 atom stereocenters. The highest BCUT2D eigenvalue weighted by Crippen LogP contribution is 2.17. The molecule has 0 aliphatic carbocycles. The molecule has 1 aromatic rings. The van der Waals surface area contributed by atoms with Crippen molar-refractivity contribution in [2.45, 2.75) is 0 Å². The lowest BCUT2D eigenvalue weighted by Crippen LogP contribution is -2.29. The summed E-state index contributed by atoms with van der Waals surface area (Å²) in [6.07, 6.45) is 0. The van der Waals surface area contributed by atoms with E-state index in [1.807, 2.05) is 0 Å². The molecule has 6 heteroatoms. The molecule has 1 heterocycles. The van der Waals surface area contributed by atoms with Crippen molar-refractivity contribution < 1.29 is 14.6 Å². The number of methoxy groups -OCH3 is 1. The molecule has 16 heavy (non-hydrogen) atoms. The van der Waals surface area contributed by atoms with Crippen LogP contribution in [0.5, 0.6) is 5.88 Å². The molecule has 0 aliphatic rings. The number of carbonyl (C=O) groups is 1. The van der Waals surface area contributed by atoms with Crippen LogP contribution in [-0.4, -0.2) is 48.2 Å². The second-order valence-corrected chi connectivity index (χ2v) is 3.56. The number of carbonyl (C=O) groups excluding carboxylic acids is 1. The molecule has 0 unspecified atom stereocenters. The molecule has 0 spiro atoms. The number of rotatable bonds is 4. The minimum atomic E-state index is -0.239. The van der Waals surface area contributed by atoms with E-state index in [1.54, 1.807) is 7.05 Å². The third kappa shape index (κ3) is 3.08. The molecule has 88 valence electrons. The summed E-state index contributed by atoms with van der Waals surface area (Å²) in [5.74, 6) is 0.0462. The van der Waals surface area contributed by atoms with Gasteiger partial charge in [-0.2, -0.15) is 0 Å². The first-order valence-electron chi connectivity index (χ1n) is 4.66. The van der Waals surface area contributed by atoms with E-state index in [0.29, 0.717) is 5.56 Å². The number of aliphatic hydroxyl groups excluding tert-OH is 1. The first-order valence-corrected chi connectivity index (χ1v) is 5.04. The Labute approximate surface area is 98.6 Å². The molecule has 0 aromatic carbocycles. The van der Waals surface area contributed by atoms with Gasteiger partial charge in [0.05, 0.1) is 13.7 Å². The highest BCUT2D eigenvalue weighted by molar-refractivity contribution is 6.29. The van der Waals surface area contributed by atoms with E-state index in [0.717, 1.165) is 0 Å². The first kappa shape index (κ1) is 12.7. The minimum absolute atomic E-state index is 0.0851. The van der Waals surface area contributed by atoms with Crippen molar-refractivity contribution in [2.24, 2.45) is 0 Å². The highest BCUT2D eigenvalue weighted by Gasteiger charge is 2.13. The average Bonchev–Trinajstić information content (AvgIpc) is 2.27. The van der Waals surface area contributed by atoms with Gasteiger partial charge in [-0.15, -0.1) is 0 Å². The smallest absolute Gasteiger partial charge is 0.253 e. The summed E-state index contributed by atoms with van der Waals surface area (Å²) < 4.78 is 4.91. The van der Waals surface area contributed by atoms with Crippen molar-refractivity contribution >= 4 is 17.5 Å². The Morgan fingerprint density at radius 3 is 2.88 bits per heavy atom. The zero-order chi connectivity index (χ0) is 12.1. The van der Waals surface area contributed by atoms with Gasteiger partial charge in [0.1, 0.15) is 5.15 Å². The van der Waals surface area contributed by atoms with E-state index in [-0.39, 0.29) is 30.1 Å². The monoisotopic (exact) mass is 244 g/mol. The lowest BCUT2D eigenvalue weighted by Gasteiger charge is -2.15. The third-order valence-electron chi connectivity index (χ3n) is 2.01. The Hall–Kier alpha value is -1.33. The maximum Gasteiger partial charge on any atom is 0.253 e. The van der Waals surface area contributed by atoms with Crippen LogP contribution in [-0.2, 0) is 0 Å². The SMILES string of the molecule is COc1cc(C(=O)N(C)CCO)cc(Cl)n1. The van der Waals surface area contributed by atoms with E-state index >= 15 is 0 Å². The van der Waals surface area contributed by atoms with Crippen LogP contribution >= 0.6 is 11.6 Å². The van der Waals surface area contributed by atoms with Gasteiger partial charge >= 0.3 is 0 Å². The van der Waals surface area contributed by atoms with Crippen molar-refractivity contribution in [3.63, 3.8) is 0 Å². The quantitative estimate of drug-likeness (QED) is 0.797. The summed E-state index contributed by atoms with van der Waals surface area (Å²) in [5, 5.41) is 8.93. The Morgan fingerprint density at radius 1 is 1.62 bits per heavy atom. The fourth-order valence-corrected chi connectivity index (χ4v) is 1.37. The maximum absolute atomic E-state index is 11.8. The number of hydrogen-bond donors (Lipinski definition) is 1. The summed E-state index contributed by atoms with van der Waals surface area (Å²) in [5.41, 5.74) is 0.382. The van der Waals surface area contributed by atoms with Gasteiger partial charge in [0.2, 0.25) is 5.88 Å². The minimum Gasteiger partial charge on any atom is -0.481 e. The Balaban J connectivity index is 2.94. The van der Waals surface area contributed by atoms with Gasteiger partial charge in [0.15, 0.2) is 0 Å². The topological polar surface area (TPSA) is 62.7 Å². The molecule has 0 bridgehead atoms. The van der Waals surface area contributed by atoms with Gasteiger partial charge in [-0.3, -0.25) is 4.79 Å². The van der Waals surface area contributed by atoms with Crippen LogP contribution < -0.4 is 4.74 Å². The lowest BCUT2D eigenvalue weighted by atomic mass is 10.2. The highest BCUT2D eigenvalue weighted by atomic mass is 35.5. The van der Waals surface area contributed by atoms with Crippen LogP contribution in [0, 0.1) is 0 Å². The van der Waals surface area contributed by atoms with Crippen LogP contribution in [0.4, 0.5) is 0 Å². The number of likely N-dealkylation sites (N-methyl/N-ethyl adjacent to an activating group) is 1. The Kier molecular flexibility index (Phi) is 4.52. The van der Waals surface area contributed by atoms with E-state index in [1.165, 1.54) is 24.1 Å². The summed E-state index contributed by atoms with van der Waals surface area (Å²) in [6.45, 7) is 0.180. The number of aliphatic hydroxyl groups is 1. The van der Waals surface area contributed by atoms with E-state index < -0.39 is 0 Å². The van der Waals surface area contributed by atoms with Crippen LogP contribution in [0.1, 0.15) is 10.4 Å². The molecule has 5 nitrogen and oxygen atoms in total. The predicted molar refractivity (Wildman–Crippen MR) is 59.8 cm³/mol. The number of aromatic nitrogens is 1. The fraction of sp³-hybridized carbons (Fsp3) is 0.400. The van der Waals surface area contributed by atoms with Crippen molar-refractivity contribution in [1.82, 2.24) is 9.88 Å². The first-order chi connectivity index (χ1) is 7.58. The van der Waals surface area contributed by atoms with Crippen molar-refractivity contribution in [3.05, 3.63) is 22.8 Å². The van der Waals surface area contributed by atoms with Crippen molar-refractivity contribution in [1.29, 1.82) is 0 Å². The number of ether oxygens (including phenoxy) is 1. The number of amides is 1. The Morgan fingerprint density at radius 2 is 2.31 bits per heavy atom. The summed E-state index contributed by atoms with van der Waals surface area (Å²) in [7, 11) is 3.05. The van der Waals surface area contributed by atoms with E-state index in [2.05, 4.69) is 4.98 Å². The van der Waals surface area contributed by atoms with Crippen LogP contribution in [0.3, 0.4) is 0 Å². The van der Waals surface area contributed by atoms with Crippen LogP contribution in [0.25, 0.3) is 0 Å². The molecule has 0 fully saturated rings. The van der Waals surface area contributed by atoms with Gasteiger partial charge in [-0.25, -0.2) is 4.98 Å². The largest absolute Gasteiger partial charge is 0.481 e. The zero-order valence-electron chi connectivity index (χ0n) is 9.11. The average molecular weight is 245 g/mol. The van der Waals surface area contributed by atoms with E-state index in [9.17, 15) is 4.79 Å². The molecular weight excluding hydrogens is 232 g/mol.